The summed E-state index contributed by atoms with van der Waals surface area (Å²) in [6.45, 7) is 1.76. The van der Waals surface area contributed by atoms with E-state index in [1.54, 1.807) is 4.90 Å². The summed E-state index contributed by atoms with van der Waals surface area (Å²) in [6.07, 6.45) is 2.46. The van der Waals surface area contributed by atoms with E-state index in [9.17, 15) is 9.59 Å². The van der Waals surface area contributed by atoms with E-state index in [1.165, 1.54) is 16.9 Å². The van der Waals surface area contributed by atoms with Crippen LogP contribution in [0.4, 0.5) is 15.6 Å². The molecule has 0 aliphatic carbocycles. The van der Waals surface area contributed by atoms with Gasteiger partial charge in [-0.3, -0.25) is 4.79 Å². The lowest BCUT2D eigenvalue weighted by Gasteiger charge is -2.31. The van der Waals surface area contributed by atoms with Gasteiger partial charge in [0.25, 0.3) is 0 Å². The Morgan fingerprint density at radius 1 is 1.12 bits per heavy atom. The average Bonchev–Trinajstić information content (AvgIpc) is 3.49. The van der Waals surface area contributed by atoms with Gasteiger partial charge in [-0.05, 0) is 48.7 Å². The number of ether oxygens (including phenoxy) is 1. The molecule has 1 fully saturated rings. The molecule has 2 N–H and O–H groups in total. The molecule has 2 aliphatic heterocycles. The number of hydrogen-bond donors (Lipinski definition) is 2. The molecule has 164 valence electrons. The fourth-order valence-electron chi connectivity index (χ4n) is 4.12. The van der Waals surface area contributed by atoms with Gasteiger partial charge in [0.05, 0.1) is 18.2 Å². The molecular formula is C24H24N4O3S. The molecule has 1 saturated heterocycles. The number of likely N-dealkylation sites (tertiary alicyclic amines) is 1. The van der Waals surface area contributed by atoms with Crippen molar-refractivity contribution >= 4 is 34.1 Å². The number of nitrogens with one attached hydrogen (secondary N) is 2. The molecule has 1 atom stereocenters. The highest BCUT2D eigenvalue weighted by atomic mass is 32.1. The second kappa shape index (κ2) is 9.00. The molecule has 7 nitrogen and oxygen atoms in total. The topological polar surface area (TPSA) is 83.6 Å². The van der Waals surface area contributed by atoms with Crippen LogP contribution >= 0.6 is 11.3 Å². The van der Waals surface area contributed by atoms with E-state index in [4.69, 9.17) is 4.74 Å². The van der Waals surface area contributed by atoms with E-state index in [0.717, 1.165) is 48.6 Å². The molecule has 2 aromatic carbocycles. The summed E-state index contributed by atoms with van der Waals surface area (Å²) in [5.74, 6) is 0.593. The molecule has 5 rings (SSSR count). The van der Waals surface area contributed by atoms with E-state index in [-0.39, 0.29) is 17.9 Å². The zero-order chi connectivity index (χ0) is 21.9. The van der Waals surface area contributed by atoms with Crippen molar-refractivity contribution in [3.8, 4) is 17.0 Å². The third-order valence-electron chi connectivity index (χ3n) is 5.82. The van der Waals surface area contributed by atoms with Crippen LogP contribution in [0, 0.1) is 5.92 Å². The predicted molar refractivity (Wildman–Crippen MR) is 125 cm³/mol. The molecule has 3 aromatic rings. The first-order valence-corrected chi connectivity index (χ1v) is 11.7. The number of piperidine rings is 1. The van der Waals surface area contributed by atoms with Crippen LogP contribution in [-0.2, 0) is 11.2 Å². The zero-order valence-corrected chi connectivity index (χ0v) is 18.4. The smallest absolute Gasteiger partial charge is 0.321 e. The lowest BCUT2D eigenvalue weighted by molar-refractivity contribution is -0.121. The standard InChI is InChI=1S/C24H24N4O3S/c29-22(18-5-4-11-28(14-18)24(30)25-19-6-2-1-3-7-19)27-23-26-20(15-32-23)16-8-9-21-17(13-16)10-12-31-21/h1-3,6-9,13,15,18H,4-5,10-12,14H2,(H,25,30)(H,26,27,29). The third-order valence-corrected chi connectivity index (χ3v) is 6.58. The van der Waals surface area contributed by atoms with Gasteiger partial charge in [0.15, 0.2) is 5.13 Å². The number of aromatic nitrogens is 1. The van der Waals surface area contributed by atoms with E-state index >= 15 is 0 Å². The number of urea groups is 1. The van der Waals surface area contributed by atoms with Crippen LogP contribution in [0.5, 0.6) is 5.75 Å². The fourth-order valence-corrected chi connectivity index (χ4v) is 4.84. The molecule has 3 heterocycles. The molecule has 2 aliphatic rings. The maximum atomic E-state index is 12.9. The number of hydrogen-bond acceptors (Lipinski definition) is 5. The normalized spacial score (nSPS) is 17.4. The van der Waals surface area contributed by atoms with Gasteiger partial charge in [-0.25, -0.2) is 9.78 Å². The number of anilines is 2. The van der Waals surface area contributed by atoms with Gasteiger partial charge in [0.2, 0.25) is 5.91 Å². The Morgan fingerprint density at radius 3 is 2.88 bits per heavy atom. The summed E-state index contributed by atoms with van der Waals surface area (Å²) in [6, 6.07) is 15.3. The van der Waals surface area contributed by atoms with Crippen molar-refractivity contribution < 1.29 is 14.3 Å². The van der Waals surface area contributed by atoms with Crippen molar-refractivity contribution in [1.29, 1.82) is 0 Å². The molecule has 0 radical (unpaired) electrons. The lowest BCUT2D eigenvalue weighted by Crippen LogP contribution is -2.45. The number of fused-ring (bicyclic) bond motifs is 1. The first-order chi connectivity index (χ1) is 15.7. The monoisotopic (exact) mass is 448 g/mol. The zero-order valence-electron chi connectivity index (χ0n) is 17.5. The summed E-state index contributed by atoms with van der Waals surface area (Å²) in [4.78, 5) is 31.8. The minimum Gasteiger partial charge on any atom is -0.493 e. The van der Waals surface area contributed by atoms with Gasteiger partial charge >= 0.3 is 6.03 Å². The molecule has 0 saturated carbocycles. The molecule has 32 heavy (non-hydrogen) atoms. The van der Waals surface area contributed by atoms with Gasteiger partial charge in [-0.15, -0.1) is 11.3 Å². The number of para-hydroxylation sites is 1. The maximum absolute atomic E-state index is 12.9. The number of carbonyl (C=O) groups is 2. The Balaban J connectivity index is 1.20. The van der Waals surface area contributed by atoms with E-state index in [1.807, 2.05) is 47.8 Å². The minimum atomic E-state index is -0.255. The van der Waals surface area contributed by atoms with Crippen LogP contribution in [-0.4, -0.2) is 41.5 Å². The first-order valence-electron chi connectivity index (χ1n) is 10.8. The van der Waals surface area contributed by atoms with E-state index in [0.29, 0.717) is 18.2 Å². The first kappa shape index (κ1) is 20.5. The van der Waals surface area contributed by atoms with Crippen molar-refractivity contribution in [3.05, 3.63) is 59.5 Å². The molecule has 0 spiro atoms. The number of nitrogens with zero attached hydrogens (tertiary/aromatic N) is 2. The van der Waals surface area contributed by atoms with E-state index < -0.39 is 0 Å². The molecular weight excluding hydrogens is 424 g/mol. The highest BCUT2D eigenvalue weighted by molar-refractivity contribution is 7.14. The number of amides is 3. The highest BCUT2D eigenvalue weighted by Gasteiger charge is 2.29. The van der Waals surface area contributed by atoms with Crippen LogP contribution < -0.4 is 15.4 Å². The minimum absolute atomic E-state index is 0.0922. The van der Waals surface area contributed by atoms with E-state index in [2.05, 4.69) is 21.7 Å². The van der Waals surface area contributed by atoms with Crippen molar-refractivity contribution in [2.24, 2.45) is 5.92 Å². The lowest BCUT2D eigenvalue weighted by atomic mass is 9.97. The Morgan fingerprint density at radius 2 is 2.00 bits per heavy atom. The molecule has 0 bridgehead atoms. The molecule has 1 aromatic heterocycles. The fraction of sp³-hybridized carbons (Fsp3) is 0.292. The molecule has 8 heteroatoms. The third kappa shape index (κ3) is 4.45. The number of rotatable bonds is 4. The Kier molecular flexibility index (Phi) is 5.77. The van der Waals surface area contributed by atoms with Crippen molar-refractivity contribution in [3.63, 3.8) is 0 Å². The Hall–Kier alpha value is -3.39. The van der Waals surface area contributed by atoms with Gasteiger partial charge < -0.3 is 20.3 Å². The van der Waals surface area contributed by atoms with Crippen LogP contribution in [0.2, 0.25) is 0 Å². The summed E-state index contributed by atoms with van der Waals surface area (Å²) in [7, 11) is 0. The van der Waals surface area contributed by atoms with Crippen molar-refractivity contribution in [1.82, 2.24) is 9.88 Å². The van der Waals surface area contributed by atoms with Gasteiger partial charge in [-0.1, -0.05) is 18.2 Å². The van der Waals surface area contributed by atoms with Crippen LogP contribution in [0.1, 0.15) is 18.4 Å². The van der Waals surface area contributed by atoms with Crippen molar-refractivity contribution in [2.45, 2.75) is 19.3 Å². The number of carbonyl (C=O) groups excluding carboxylic acids is 2. The van der Waals surface area contributed by atoms with Crippen molar-refractivity contribution in [2.75, 3.05) is 30.3 Å². The summed E-state index contributed by atoms with van der Waals surface area (Å²) < 4.78 is 5.57. The largest absolute Gasteiger partial charge is 0.493 e. The highest BCUT2D eigenvalue weighted by Crippen LogP contribution is 2.32. The maximum Gasteiger partial charge on any atom is 0.321 e. The Labute approximate surface area is 190 Å². The summed E-state index contributed by atoms with van der Waals surface area (Å²) in [5, 5.41) is 8.37. The summed E-state index contributed by atoms with van der Waals surface area (Å²) in [5.41, 5.74) is 3.80. The molecule has 3 amide bonds. The van der Waals surface area contributed by atoms with Crippen LogP contribution in [0.25, 0.3) is 11.3 Å². The van der Waals surface area contributed by atoms with Gasteiger partial charge in [0.1, 0.15) is 5.75 Å². The SMILES string of the molecule is O=C(Nc1nc(-c2ccc3c(c2)CCO3)cs1)C1CCCN(C(=O)Nc2ccccc2)C1. The predicted octanol–water partition coefficient (Wildman–Crippen LogP) is 4.63. The average molecular weight is 449 g/mol. The van der Waals surface area contributed by atoms with Gasteiger partial charge in [-0.2, -0.15) is 0 Å². The van der Waals surface area contributed by atoms with Crippen LogP contribution in [0.3, 0.4) is 0 Å². The van der Waals surface area contributed by atoms with Gasteiger partial charge in [0, 0.05) is 36.1 Å². The quantitative estimate of drug-likeness (QED) is 0.610. The second-order valence-corrected chi connectivity index (χ2v) is 8.89. The van der Waals surface area contributed by atoms with Crippen LogP contribution in [0.15, 0.2) is 53.9 Å². The molecule has 1 unspecified atom stereocenters. The number of thiazole rings is 1. The number of benzene rings is 2. The summed E-state index contributed by atoms with van der Waals surface area (Å²) >= 11 is 1.41. The second-order valence-electron chi connectivity index (χ2n) is 8.03. The Bertz CT molecular complexity index is 1130.